The van der Waals surface area contributed by atoms with Crippen LogP contribution in [0.25, 0.3) is 0 Å². The summed E-state index contributed by atoms with van der Waals surface area (Å²) in [6, 6.07) is 1.34. The van der Waals surface area contributed by atoms with Crippen molar-refractivity contribution >= 4 is 5.97 Å². The van der Waals surface area contributed by atoms with Gasteiger partial charge in [0, 0.05) is 18.1 Å². The van der Waals surface area contributed by atoms with E-state index in [0.717, 1.165) is 13.2 Å². The van der Waals surface area contributed by atoms with Gasteiger partial charge in [-0.2, -0.15) is 0 Å². The normalized spacial score (nSPS) is 12.2. The van der Waals surface area contributed by atoms with Gasteiger partial charge in [-0.1, -0.05) is 0 Å². The average molecular weight is 232 g/mol. The molecule has 0 saturated carbocycles. The van der Waals surface area contributed by atoms with Crippen LogP contribution in [0.5, 0.6) is 5.75 Å². The topological polar surface area (TPSA) is 66.8 Å². The van der Waals surface area contributed by atoms with Crippen LogP contribution in [0.1, 0.15) is 5.56 Å². The molecule has 0 fully saturated rings. The first-order chi connectivity index (χ1) is 7.45. The molecule has 2 N–H and O–H groups in total. The number of benzene rings is 1. The second-order valence-electron chi connectivity index (χ2n) is 3.14. The Morgan fingerprint density at radius 3 is 2.69 bits per heavy atom. The van der Waals surface area contributed by atoms with E-state index in [4.69, 9.17) is 0 Å². The van der Waals surface area contributed by atoms with Gasteiger partial charge in [-0.3, -0.25) is 0 Å². The maximum absolute atomic E-state index is 12.9. The molecule has 1 aromatic rings. The molecular weight excluding hydrogens is 222 g/mol. The molecule has 6 heteroatoms. The Hall–Kier alpha value is -1.69. The molecule has 1 rings (SSSR count). The molecule has 0 radical (unpaired) electrons. The van der Waals surface area contributed by atoms with Gasteiger partial charge in [0.25, 0.3) is 0 Å². The fourth-order valence-corrected chi connectivity index (χ4v) is 1.20. The number of aliphatic hydroxyl groups excluding tert-OH is 1. The Balaban J connectivity index is 2.93. The molecule has 0 aliphatic rings. The van der Waals surface area contributed by atoms with Crippen LogP contribution in [-0.4, -0.2) is 29.4 Å². The quantitative estimate of drug-likeness (QED) is 0.754. The Morgan fingerprint density at radius 2 is 2.12 bits per heavy atom. The molecule has 1 atom stereocenters. The number of halogens is 2. The van der Waals surface area contributed by atoms with Crippen molar-refractivity contribution in [2.24, 2.45) is 0 Å². The van der Waals surface area contributed by atoms with Gasteiger partial charge in [0.15, 0.2) is 17.7 Å². The van der Waals surface area contributed by atoms with E-state index in [1.807, 2.05) is 0 Å². The van der Waals surface area contributed by atoms with E-state index in [1.165, 1.54) is 0 Å². The standard InChI is InChI=1S/C10H10F2O4/c1-16-10(15)8(13)3-5-2-6(11)4-7(12)9(5)14/h2,4,8,13-14H,3H2,1H3. The Labute approximate surface area is 90.1 Å². The van der Waals surface area contributed by atoms with Gasteiger partial charge < -0.3 is 14.9 Å². The van der Waals surface area contributed by atoms with Crippen molar-refractivity contribution in [3.05, 3.63) is 29.3 Å². The van der Waals surface area contributed by atoms with Gasteiger partial charge in [-0.15, -0.1) is 0 Å². The third kappa shape index (κ3) is 2.66. The maximum Gasteiger partial charge on any atom is 0.335 e. The number of phenols is 1. The molecular formula is C10H10F2O4. The lowest BCUT2D eigenvalue weighted by Gasteiger charge is -2.10. The Morgan fingerprint density at radius 1 is 1.50 bits per heavy atom. The summed E-state index contributed by atoms with van der Waals surface area (Å²) in [4.78, 5) is 10.9. The van der Waals surface area contributed by atoms with Gasteiger partial charge >= 0.3 is 5.97 Å². The largest absolute Gasteiger partial charge is 0.505 e. The molecule has 0 saturated heterocycles. The zero-order chi connectivity index (χ0) is 12.3. The highest BCUT2D eigenvalue weighted by molar-refractivity contribution is 5.74. The van der Waals surface area contributed by atoms with E-state index >= 15 is 0 Å². The van der Waals surface area contributed by atoms with E-state index in [1.54, 1.807) is 0 Å². The smallest absolute Gasteiger partial charge is 0.335 e. The van der Waals surface area contributed by atoms with Crippen LogP contribution in [0.2, 0.25) is 0 Å². The summed E-state index contributed by atoms with van der Waals surface area (Å²) in [6.07, 6.45) is -2.00. The highest BCUT2D eigenvalue weighted by Crippen LogP contribution is 2.24. The first-order valence-corrected chi connectivity index (χ1v) is 4.38. The monoisotopic (exact) mass is 232 g/mol. The van der Waals surface area contributed by atoms with E-state index in [9.17, 15) is 23.8 Å². The molecule has 4 nitrogen and oxygen atoms in total. The predicted octanol–water partition coefficient (Wildman–Crippen LogP) is 0.747. The Bertz CT molecular complexity index is 406. The summed E-state index contributed by atoms with van der Waals surface area (Å²) in [7, 11) is 1.07. The van der Waals surface area contributed by atoms with Crippen molar-refractivity contribution < 1.29 is 28.5 Å². The van der Waals surface area contributed by atoms with Crippen molar-refractivity contribution in [2.45, 2.75) is 12.5 Å². The number of aliphatic hydroxyl groups is 1. The molecule has 16 heavy (non-hydrogen) atoms. The first-order valence-electron chi connectivity index (χ1n) is 4.38. The average Bonchev–Trinajstić information content (AvgIpc) is 2.23. The first kappa shape index (κ1) is 12.4. The van der Waals surface area contributed by atoms with Crippen LogP contribution < -0.4 is 0 Å². The van der Waals surface area contributed by atoms with Crippen LogP contribution in [-0.2, 0) is 16.0 Å². The fraction of sp³-hybridized carbons (Fsp3) is 0.300. The third-order valence-corrected chi connectivity index (χ3v) is 1.99. The predicted molar refractivity (Wildman–Crippen MR) is 49.7 cm³/mol. The summed E-state index contributed by atoms with van der Waals surface area (Å²) in [5.41, 5.74) is -0.199. The molecule has 0 amide bonds. The second-order valence-corrected chi connectivity index (χ2v) is 3.14. The number of methoxy groups -OCH3 is 1. The number of carbonyl (C=O) groups excluding carboxylic acids is 1. The molecule has 0 aliphatic carbocycles. The van der Waals surface area contributed by atoms with E-state index in [2.05, 4.69) is 4.74 Å². The lowest BCUT2D eigenvalue weighted by Crippen LogP contribution is -2.24. The second kappa shape index (κ2) is 4.89. The summed E-state index contributed by atoms with van der Waals surface area (Å²) in [6.45, 7) is 0. The van der Waals surface area contributed by atoms with Gasteiger partial charge in [0.05, 0.1) is 7.11 Å². The lowest BCUT2D eigenvalue weighted by atomic mass is 10.1. The SMILES string of the molecule is COC(=O)C(O)Cc1cc(F)cc(F)c1O. The molecule has 0 aromatic heterocycles. The molecule has 1 aromatic carbocycles. The minimum Gasteiger partial charge on any atom is -0.505 e. The molecule has 0 aliphatic heterocycles. The fourth-order valence-electron chi connectivity index (χ4n) is 1.20. The van der Waals surface area contributed by atoms with E-state index in [0.29, 0.717) is 6.07 Å². The maximum atomic E-state index is 12.9. The van der Waals surface area contributed by atoms with E-state index in [-0.39, 0.29) is 5.56 Å². The summed E-state index contributed by atoms with van der Waals surface area (Å²) >= 11 is 0. The zero-order valence-electron chi connectivity index (χ0n) is 8.41. The van der Waals surface area contributed by atoms with Crippen molar-refractivity contribution in [3.63, 3.8) is 0 Å². The molecule has 1 unspecified atom stereocenters. The van der Waals surface area contributed by atoms with Crippen LogP contribution in [0.15, 0.2) is 12.1 Å². The highest BCUT2D eigenvalue weighted by atomic mass is 19.1. The van der Waals surface area contributed by atoms with Gasteiger partial charge in [0.2, 0.25) is 0 Å². The van der Waals surface area contributed by atoms with Crippen LogP contribution in [0.3, 0.4) is 0 Å². The van der Waals surface area contributed by atoms with Crippen molar-refractivity contribution in [3.8, 4) is 5.75 Å². The summed E-state index contributed by atoms with van der Waals surface area (Å²) in [5, 5.41) is 18.5. The van der Waals surface area contributed by atoms with Crippen LogP contribution in [0, 0.1) is 11.6 Å². The number of esters is 1. The number of rotatable bonds is 3. The number of hydrogen-bond donors (Lipinski definition) is 2. The Kier molecular flexibility index (Phi) is 3.78. The van der Waals surface area contributed by atoms with Crippen LogP contribution in [0.4, 0.5) is 8.78 Å². The van der Waals surface area contributed by atoms with Gasteiger partial charge in [0.1, 0.15) is 5.82 Å². The van der Waals surface area contributed by atoms with Gasteiger partial charge in [-0.25, -0.2) is 13.6 Å². The molecule has 0 bridgehead atoms. The van der Waals surface area contributed by atoms with Crippen molar-refractivity contribution in [1.29, 1.82) is 0 Å². The zero-order valence-corrected chi connectivity index (χ0v) is 8.41. The van der Waals surface area contributed by atoms with Gasteiger partial charge in [-0.05, 0) is 6.07 Å². The number of carbonyl (C=O) groups is 1. The number of phenolic OH excluding ortho intramolecular Hbond substituents is 1. The third-order valence-electron chi connectivity index (χ3n) is 1.99. The highest BCUT2D eigenvalue weighted by Gasteiger charge is 2.19. The number of ether oxygens (including phenoxy) is 1. The number of hydrogen-bond acceptors (Lipinski definition) is 4. The summed E-state index contributed by atoms with van der Waals surface area (Å²) < 4.78 is 29.9. The molecule has 0 spiro atoms. The van der Waals surface area contributed by atoms with Crippen molar-refractivity contribution in [2.75, 3.05) is 7.11 Å². The van der Waals surface area contributed by atoms with Crippen molar-refractivity contribution in [1.82, 2.24) is 0 Å². The lowest BCUT2D eigenvalue weighted by molar-refractivity contribution is -0.150. The summed E-state index contributed by atoms with van der Waals surface area (Å²) in [5.74, 6) is -3.78. The minimum atomic E-state index is -1.57. The van der Waals surface area contributed by atoms with E-state index < -0.39 is 35.9 Å². The minimum absolute atomic E-state index is 0.199. The number of aromatic hydroxyl groups is 1. The molecule has 88 valence electrons. The van der Waals surface area contributed by atoms with Crippen LogP contribution >= 0.6 is 0 Å². The molecule has 0 heterocycles.